The maximum absolute atomic E-state index is 13.2. The molecule has 0 radical (unpaired) electrons. The Morgan fingerprint density at radius 3 is 1.97 bits per heavy atom. The quantitative estimate of drug-likeness (QED) is 0.270. The zero-order valence-corrected chi connectivity index (χ0v) is 16.1. The third kappa shape index (κ3) is 5.67. The van der Waals surface area contributed by atoms with Gasteiger partial charge in [-0.05, 0) is 42.2 Å². The molecule has 0 heterocycles. The summed E-state index contributed by atoms with van der Waals surface area (Å²) in [6, 6.07) is 1.27. The first-order valence-corrected chi connectivity index (χ1v) is 8.91. The standard InChI is InChI=1S/C21H18F6N2O2/c1-3-13(12-28-7-8-30)17(4-2)18(31)29-19(5-6-19)14-9-15(20(22,23)24)11-16(10-14)21(25,26)27/h3-4,7,9-11,28H,1-2,5-6,12H2,(H,29,31)/b17-13-. The van der Waals surface area contributed by atoms with Crippen molar-refractivity contribution < 1.29 is 35.9 Å². The van der Waals surface area contributed by atoms with Gasteiger partial charge in [-0.2, -0.15) is 26.3 Å². The molecule has 1 aromatic carbocycles. The molecule has 166 valence electrons. The lowest BCUT2D eigenvalue weighted by Crippen LogP contribution is -2.36. The van der Waals surface area contributed by atoms with E-state index in [2.05, 4.69) is 23.8 Å². The van der Waals surface area contributed by atoms with Crippen LogP contribution in [-0.2, 0) is 27.5 Å². The summed E-state index contributed by atoms with van der Waals surface area (Å²) < 4.78 is 79.0. The van der Waals surface area contributed by atoms with Crippen LogP contribution in [-0.4, -0.2) is 18.4 Å². The molecule has 0 atom stereocenters. The average Bonchev–Trinajstić information content (AvgIpc) is 3.46. The Morgan fingerprint density at radius 2 is 1.58 bits per heavy atom. The zero-order valence-electron chi connectivity index (χ0n) is 16.1. The van der Waals surface area contributed by atoms with Crippen molar-refractivity contribution in [3.8, 4) is 0 Å². The van der Waals surface area contributed by atoms with Gasteiger partial charge in [0.1, 0.15) is 5.94 Å². The van der Waals surface area contributed by atoms with E-state index in [9.17, 15) is 35.9 Å². The molecule has 2 rings (SSSR count). The van der Waals surface area contributed by atoms with Crippen molar-refractivity contribution in [2.24, 2.45) is 0 Å². The summed E-state index contributed by atoms with van der Waals surface area (Å²) in [6.45, 7) is 7.07. The molecule has 1 aliphatic carbocycles. The number of rotatable bonds is 8. The molecule has 1 fully saturated rings. The second-order valence-electron chi connectivity index (χ2n) is 6.82. The van der Waals surface area contributed by atoms with Gasteiger partial charge in [0, 0.05) is 12.1 Å². The summed E-state index contributed by atoms with van der Waals surface area (Å²) in [7, 11) is 0. The minimum Gasteiger partial charge on any atom is -0.378 e. The lowest BCUT2D eigenvalue weighted by atomic mass is 9.97. The highest BCUT2D eigenvalue weighted by molar-refractivity contribution is 5.98. The lowest BCUT2D eigenvalue weighted by Gasteiger charge is -2.22. The number of halogens is 6. The maximum Gasteiger partial charge on any atom is 0.416 e. The Balaban J connectivity index is 2.44. The first-order chi connectivity index (χ1) is 14.4. The zero-order chi connectivity index (χ0) is 23.4. The Labute approximate surface area is 174 Å². The molecular formula is C21H18F6N2O2. The smallest absolute Gasteiger partial charge is 0.378 e. The molecule has 31 heavy (non-hydrogen) atoms. The van der Waals surface area contributed by atoms with Crippen molar-refractivity contribution in [1.29, 1.82) is 0 Å². The van der Waals surface area contributed by atoms with Gasteiger partial charge in [0.2, 0.25) is 0 Å². The van der Waals surface area contributed by atoms with E-state index in [0.717, 1.165) is 6.20 Å². The number of carbonyl (C=O) groups excluding carboxylic acids is 2. The van der Waals surface area contributed by atoms with Gasteiger partial charge in [-0.25, -0.2) is 4.79 Å². The lowest BCUT2D eigenvalue weighted by molar-refractivity contribution is -0.143. The van der Waals surface area contributed by atoms with Crippen LogP contribution in [0.25, 0.3) is 0 Å². The fourth-order valence-corrected chi connectivity index (χ4v) is 2.98. The van der Waals surface area contributed by atoms with Crippen LogP contribution >= 0.6 is 0 Å². The van der Waals surface area contributed by atoms with Crippen LogP contribution in [0.4, 0.5) is 26.3 Å². The summed E-state index contributed by atoms with van der Waals surface area (Å²) in [5.74, 6) is 0.740. The highest BCUT2D eigenvalue weighted by atomic mass is 19.4. The van der Waals surface area contributed by atoms with Crippen molar-refractivity contribution in [1.82, 2.24) is 10.6 Å². The number of hydrogen-bond acceptors (Lipinski definition) is 3. The molecular weight excluding hydrogens is 426 g/mol. The number of alkyl halides is 6. The van der Waals surface area contributed by atoms with E-state index in [-0.39, 0.29) is 36.6 Å². The number of hydrogen-bond donors (Lipinski definition) is 2. The molecule has 0 bridgehead atoms. The summed E-state index contributed by atoms with van der Waals surface area (Å²) in [6.07, 6.45) is -6.19. The largest absolute Gasteiger partial charge is 0.416 e. The minimum atomic E-state index is -4.99. The van der Waals surface area contributed by atoms with Gasteiger partial charge in [0.15, 0.2) is 0 Å². The van der Waals surface area contributed by atoms with E-state index >= 15 is 0 Å². The first-order valence-electron chi connectivity index (χ1n) is 8.91. The molecule has 0 aliphatic heterocycles. The first kappa shape index (κ1) is 24.0. The van der Waals surface area contributed by atoms with E-state index in [1.165, 1.54) is 18.1 Å². The van der Waals surface area contributed by atoms with Crippen LogP contribution in [0.5, 0.6) is 0 Å². The van der Waals surface area contributed by atoms with Crippen LogP contribution in [0, 0.1) is 0 Å². The Kier molecular flexibility index (Phi) is 6.86. The van der Waals surface area contributed by atoms with E-state index < -0.39 is 34.9 Å². The second kappa shape index (κ2) is 8.85. The van der Waals surface area contributed by atoms with Crippen molar-refractivity contribution in [3.05, 3.63) is 77.5 Å². The van der Waals surface area contributed by atoms with Gasteiger partial charge in [0.05, 0.1) is 22.9 Å². The number of carbonyl (C=O) groups is 1. The highest BCUT2D eigenvalue weighted by Gasteiger charge is 2.48. The summed E-state index contributed by atoms with van der Waals surface area (Å²) in [4.78, 5) is 23.0. The SMILES string of the molecule is C=C/C(CNC=C=O)=C(\C=C)C(=O)NC1(c2cc(C(F)(F)F)cc(C(F)(F)F)c2)CC1. The predicted octanol–water partition coefficient (Wildman–Crippen LogP) is 4.43. The minimum absolute atomic E-state index is 0.00228. The van der Waals surface area contributed by atoms with Crippen LogP contribution in [0.3, 0.4) is 0 Å². The average molecular weight is 444 g/mol. The molecule has 1 aliphatic rings. The fourth-order valence-electron chi connectivity index (χ4n) is 2.98. The van der Waals surface area contributed by atoms with E-state index in [1.54, 1.807) is 0 Å². The molecule has 1 amide bonds. The molecule has 4 nitrogen and oxygen atoms in total. The molecule has 10 heteroatoms. The van der Waals surface area contributed by atoms with Crippen molar-refractivity contribution in [2.45, 2.75) is 30.7 Å². The van der Waals surface area contributed by atoms with Crippen molar-refractivity contribution in [3.63, 3.8) is 0 Å². The van der Waals surface area contributed by atoms with Crippen LogP contribution in [0.15, 0.2) is 60.9 Å². The topological polar surface area (TPSA) is 58.2 Å². The molecule has 1 saturated carbocycles. The Bertz CT molecular complexity index is 933. The normalized spacial score (nSPS) is 15.8. The van der Waals surface area contributed by atoms with Crippen LogP contribution < -0.4 is 10.6 Å². The van der Waals surface area contributed by atoms with Gasteiger partial charge in [-0.15, -0.1) is 0 Å². The molecule has 1 aromatic rings. The highest BCUT2D eigenvalue weighted by Crippen LogP contribution is 2.48. The van der Waals surface area contributed by atoms with Gasteiger partial charge in [0.25, 0.3) is 5.91 Å². The van der Waals surface area contributed by atoms with Crippen molar-refractivity contribution >= 4 is 11.8 Å². The van der Waals surface area contributed by atoms with Gasteiger partial charge in [-0.1, -0.05) is 25.3 Å². The monoisotopic (exact) mass is 444 g/mol. The van der Waals surface area contributed by atoms with E-state index in [4.69, 9.17) is 0 Å². The third-order valence-electron chi connectivity index (χ3n) is 4.74. The summed E-state index contributed by atoms with van der Waals surface area (Å²) >= 11 is 0. The van der Waals surface area contributed by atoms with Gasteiger partial charge in [-0.3, -0.25) is 4.79 Å². The Hall–Kier alpha value is -3.26. The predicted molar refractivity (Wildman–Crippen MR) is 101 cm³/mol. The molecule has 0 aromatic heterocycles. The third-order valence-corrected chi connectivity index (χ3v) is 4.74. The fraction of sp³-hybridized carbons (Fsp3) is 0.286. The van der Waals surface area contributed by atoms with E-state index in [0.29, 0.717) is 17.7 Å². The number of benzene rings is 1. The molecule has 0 unspecified atom stereocenters. The van der Waals surface area contributed by atoms with Crippen LogP contribution in [0.1, 0.15) is 29.5 Å². The summed E-state index contributed by atoms with van der Waals surface area (Å²) in [5.41, 5.74) is -4.22. The van der Waals surface area contributed by atoms with Gasteiger partial charge >= 0.3 is 12.4 Å². The summed E-state index contributed by atoms with van der Waals surface area (Å²) in [5, 5.41) is 5.09. The van der Waals surface area contributed by atoms with Crippen LogP contribution in [0.2, 0.25) is 0 Å². The number of nitrogens with one attached hydrogen (secondary N) is 2. The number of amides is 1. The molecule has 2 N–H and O–H groups in total. The molecule has 0 spiro atoms. The Morgan fingerprint density at radius 1 is 1.03 bits per heavy atom. The maximum atomic E-state index is 13.2. The van der Waals surface area contributed by atoms with Crippen molar-refractivity contribution in [2.75, 3.05) is 6.54 Å². The van der Waals surface area contributed by atoms with E-state index in [1.807, 2.05) is 0 Å². The second-order valence-corrected chi connectivity index (χ2v) is 6.82. The molecule has 0 saturated heterocycles. The van der Waals surface area contributed by atoms with Gasteiger partial charge < -0.3 is 10.6 Å².